The van der Waals surface area contributed by atoms with Crippen molar-refractivity contribution in [2.75, 3.05) is 0 Å². The number of para-hydroxylation sites is 1. The highest BCUT2D eigenvalue weighted by molar-refractivity contribution is 6.25. The number of nitrogens with one attached hydrogen (secondary N) is 1. The summed E-state index contributed by atoms with van der Waals surface area (Å²) in [6.45, 7) is 0. The molecular weight excluding hydrogens is 619 g/mol. The quantitative estimate of drug-likeness (QED) is 0.178. The van der Waals surface area contributed by atoms with E-state index < -0.39 is 0 Å². The van der Waals surface area contributed by atoms with E-state index in [0.717, 1.165) is 16.6 Å². The first-order chi connectivity index (χ1) is 25.3. The third kappa shape index (κ3) is 6.27. The largest absolute Gasteiger partial charge is 0.354 e. The van der Waals surface area contributed by atoms with Crippen molar-refractivity contribution < 1.29 is 4.79 Å². The van der Waals surface area contributed by atoms with Crippen LogP contribution in [0.25, 0.3) is 66.3 Å². The summed E-state index contributed by atoms with van der Waals surface area (Å²) >= 11 is 0. The first-order valence-electron chi connectivity index (χ1n) is 17.2. The molecule has 0 bridgehead atoms. The van der Waals surface area contributed by atoms with Crippen LogP contribution < -0.4 is 0 Å². The van der Waals surface area contributed by atoms with E-state index in [1.54, 1.807) is 0 Å². The third-order valence-corrected chi connectivity index (χ3v) is 9.28. The Balaban J connectivity index is 0.000000224. The minimum atomic E-state index is 0.0752. The van der Waals surface area contributed by atoms with Gasteiger partial charge >= 0.3 is 0 Å². The highest BCUT2D eigenvalue weighted by Crippen LogP contribution is 2.52. The number of rotatable bonds is 6. The van der Waals surface area contributed by atoms with Gasteiger partial charge in [0.2, 0.25) is 0 Å². The van der Waals surface area contributed by atoms with Gasteiger partial charge < -0.3 is 4.98 Å². The van der Waals surface area contributed by atoms with E-state index in [9.17, 15) is 4.79 Å². The molecule has 0 amide bonds. The van der Waals surface area contributed by atoms with E-state index in [0.29, 0.717) is 0 Å². The van der Waals surface area contributed by atoms with Crippen LogP contribution in [0.4, 0.5) is 0 Å². The fourth-order valence-corrected chi connectivity index (χ4v) is 7.01. The van der Waals surface area contributed by atoms with Gasteiger partial charge in [-0.1, -0.05) is 200 Å². The molecule has 0 aliphatic rings. The number of carbonyl (C=O) groups is 1. The number of aromatic nitrogens is 1. The number of aromatic amines is 1. The van der Waals surface area contributed by atoms with Gasteiger partial charge in [0.1, 0.15) is 0 Å². The molecule has 1 N–H and O–H groups in total. The standard InChI is InChI=1S/C36H25N.C13H10O/c1-5-15-25(16-6-1)31-32(26-17-7-2-8-18-26)34(28-21-11-4-12-22-28)36-35(29-23-13-14-24-30(29)37-36)33(31)27-19-9-3-10-20-27;14-13(11-7-3-1-4-8-11)12-9-5-2-6-10-12/h1-24,37H;1-10H. The lowest BCUT2D eigenvalue weighted by atomic mass is 9.80. The van der Waals surface area contributed by atoms with Gasteiger partial charge in [-0.15, -0.1) is 0 Å². The fraction of sp³-hybridized carbons (Fsp3) is 0. The highest BCUT2D eigenvalue weighted by Gasteiger charge is 2.26. The maximum atomic E-state index is 11.8. The Labute approximate surface area is 298 Å². The van der Waals surface area contributed by atoms with Gasteiger partial charge in [-0.05, 0) is 33.9 Å². The molecule has 0 radical (unpaired) electrons. The molecule has 2 heteroatoms. The smallest absolute Gasteiger partial charge is 0.193 e. The lowest BCUT2D eigenvalue weighted by Crippen LogP contribution is -1.99. The van der Waals surface area contributed by atoms with Crippen LogP contribution in [-0.4, -0.2) is 10.8 Å². The van der Waals surface area contributed by atoms with E-state index in [1.165, 1.54) is 60.8 Å². The van der Waals surface area contributed by atoms with Crippen LogP contribution >= 0.6 is 0 Å². The average Bonchev–Trinajstić information content (AvgIpc) is 3.61. The number of ketones is 1. The van der Waals surface area contributed by atoms with Gasteiger partial charge in [-0.2, -0.15) is 0 Å². The van der Waals surface area contributed by atoms with Crippen molar-refractivity contribution in [3.05, 3.63) is 217 Å². The van der Waals surface area contributed by atoms with Crippen LogP contribution in [0.3, 0.4) is 0 Å². The monoisotopic (exact) mass is 653 g/mol. The molecular formula is C49H35NO. The molecule has 0 unspecified atom stereocenters. The van der Waals surface area contributed by atoms with Crippen molar-refractivity contribution in [2.45, 2.75) is 0 Å². The van der Waals surface area contributed by atoms with Gasteiger partial charge in [0.15, 0.2) is 5.78 Å². The Morgan fingerprint density at radius 2 is 0.667 bits per heavy atom. The summed E-state index contributed by atoms with van der Waals surface area (Å²) in [5, 5.41) is 2.50. The van der Waals surface area contributed by atoms with Gasteiger partial charge in [-0.25, -0.2) is 0 Å². The van der Waals surface area contributed by atoms with Crippen LogP contribution in [-0.2, 0) is 0 Å². The Morgan fingerprint density at radius 1 is 0.333 bits per heavy atom. The van der Waals surface area contributed by atoms with E-state index in [-0.39, 0.29) is 5.78 Å². The van der Waals surface area contributed by atoms with Crippen LogP contribution in [0.5, 0.6) is 0 Å². The summed E-state index contributed by atoms with van der Waals surface area (Å²) in [7, 11) is 0. The number of hydrogen-bond acceptors (Lipinski definition) is 1. The second-order valence-corrected chi connectivity index (χ2v) is 12.4. The predicted octanol–water partition coefficient (Wildman–Crippen LogP) is 12.9. The maximum Gasteiger partial charge on any atom is 0.193 e. The van der Waals surface area contributed by atoms with Gasteiger partial charge in [0.05, 0.1) is 5.52 Å². The van der Waals surface area contributed by atoms with Gasteiger partial charge in [0, 0.05) is 44.1 Å². The van der Waals surface area contributed by atoms with Crippen LogP contribution in [0.1, 0.15) is 15.9 Å². The van der Waals surface area contributed by atoms with E-state index in [2.05, 4.69) is 151 Å². The van der Waals surface area contributed by atoms with Crippen molar-refractivity contribution in [1.29, 1.82) is 0 Å². The Morgan fingerprint density at radius 3 is 1.12 bits per heavy atom. The molecule has 0 aliphatic carbocycles. The highest BCUT2D eigenvalue weighted by atomic mass is 16.1. The fourth-order valence-electron chi connectivity index (χ4n) is 7.01. The van der Waals surface area contributed by atoms with Crippen molar-refractivity contribution in [3.63, 3.8) is 0 Å². The minimum Gasteiger partial charge on any atom is -0.354 e. The predicted molar refractivity (Wildman–Crippen MR) is 214 cm³/mol. The number of H-pyrrole nitrogens is 1. The van der Waals surface area contributed by atoms with E-state index in [1.807, 2.05) is 60.7 Å². The zero-order chi connectivity index (χ0) is 34.4. The van der Waals surface area contributed by atoms with E-state index in [4.69, 9.17) is 0 Å². The molecule has 0 saturated heterocycles. The molecule has 9 aromatic rings. The first kappa shape index (κ1) is 31.5. The molecule has 0 spiro atoms. The number of benzene rings is 8. The average molecular weight is 654 g/mol. The number of fused-ring (bicyclic) bond motifs is 3. The Bertz CT molecular complexity index is 2500. The molecule has 0 atom stereocenters. The lowest BCUT2D eigenvalue weighted by molar-refractivity contribution is 0.103. The molecule has 2 nitrogen and oxygen atoms in total. The van der Waals surface area contributed by atoms with Crippen LogP contribution in [0.15, 0.2) is 206 Å². The third-order valence-electron chi connectivity index (χ3n) is 9.28. The SMILES string of the molecule is O=C(c1ccccc1)c1ccccc1.c1ccc(-c2c(-c3ccccc3)c(-c3ccccc3)c3c([nH]c4ccccc43)c2-c2ccccc2)cc1. The molecule has 242 valence electrons. The second kappa shape index (κ2) is 14.4. The second-order valence-electron chi connectivity index (χ2n) is 12.4. The molecule has 8 aromatic carbocycles. The van der Waals surface area contributed by atoms with Crippen LogP contribution in [0.2, 0.25) is 0 Å². The summed E-state index contributed by atoms with van der Waals surface area (Å²) in [6, 6.07) is 70.6. The summed E-state index contributed by atoms with van der Waals surface area (Å²) in [5.74, 6) is 0.0752. The lowest BCUT2D eigenvalue weighted by Gasteiger charge is -2.23. The molecule has 0 aliphatic heterocycles. The summed E-state index contributed by atoms with van der Waals surface area (Å²) in [4.78, 5) is 15.7. The molecule has 1 aromatic heterocycles. The van der Waals surface area contributed by atoms with Crippen molar-refractivity contribution in [1.82, 2.24) is 4.98 Å². The zero-order valence-corrected chi connectivity index (χ0v) is 28.0. The maximum absolute atomic E-state index is 11.8. The zero-order valence-electron chi connectivity index (χ0n) is 28.0. The van der Waals surface area contributed by atoms with Gasteiger partial charge in [0.25, 0.3) is 0 Å². The summed E-state index contributed by atoms with van der Waals surface area (Å²) in [6.07, 6.45) is 0. The van der Waals surface area contributed by atoms with Crippen LogP contribution in [0, 0.1) is 0 Å². The Kier molecular flexibility index (Phi) is 8.88. The van der Waals surface area contributed by atoms with Crippen molar-refractivity contribution in [3.8, 4) is 44.5 Å². The summed E-state index contributed by atoms with van der Waals surface area (Å²) in [5.41, 5.74) is 13.6. The Hall–Kier alpha value is -6.77. The molecule has 0 fully saturated rings. The normalized spacial score (nSPS) is 10.8. The summed E-state index contributed by atoms with van der Waals surface area (Å²) < 4.78 is 0. The molecule has 0 saturated carbocycles. The molecule has 51 heavy (non-hydrogen) atoms. The van der Waals surface area contributed by atoms with Crippen molar-refractivity contribution in [2.24, 2.45) is 0 Å². The topological polar surface area (TPSA) is 32.9 Å². The number of hydrogen-bond donors (Lipinski definition) is 1. The van der Waals surface area contributed by atoms with Gasteiger partial charge in [-0.3, -0.25) is 4.79 Å². The minimum absolute atomic E-state index is 0.0752. The molecule has 9 rings (SSSR count). The van der Waals surface area contributed by atoms with E-state index >= 15 is 0 Å². The van der Waals surface area contributed by atoms with Crippen molar-refractivity contribution >= 4 is 27.6 Å². The first-order valence-corrected chi connectivity index (χ1v) is 17.2. The molecule has 1 heterocycles. The number of carbonyl (C=O) groups excluding carboxylic acids is 1.